The van der Waals surface area contributed by atoms with Gasteiger partial charge in [0.25, 0.3) is 0 Å². The Morgan fingerprint density at radius 3 is 1.41 bits per heavy atom. The smallest absolute Gasteiger partial charge is 0.741 e. The monoisotopic (exact) mass is 734 g/mol. The van der Waals surface area contributed by atoms with Crippen LogP contribution in [0.25, 0.3) is 0 Å². The van der Waals surface area contributed by atoms with Crippen LogP contribution in [-0.2, 0) is 42.3 Å². The van der Waals surface area contributed by atoms with Crippen molar-refractivity contribution in [1.29, 1.82) is 0 Å². The molecule has 0 aliphatic heterocycles. The predicted molar refractivity (Wildman–Crippen MR) is 178 cm³/mol. The average molecular weight is 735 g/mol. The van der Waals surface area contributed by atoms with Crippen molar-refractivity contribution in [2.45, 2.75) is 6.92 Å². The molecule has 46 heavy (non-hydrogen) atoms. The first kappa shape index (κ1) is 36.7. The molecule has 0 saturated heterocycles. The van der Waals surface area contributed by atoms with Gasteiger partial charge in [-0.1, -0.05) is 54.6 Å². The van der Waals surface area contributed by atoms with E-state index < -0.39 is 47.6 Å². The second-order valence-electron chi connectivity index (χ2n) is 9.29. The molecule has 0 aliphatic carbocycles. The summed E-state index contributed by atoms with van der Waals surface area (Å²) in [6.45, 7) is 1.20. The number of amidine groups is 2. The van der Waals surface area contributed by atoms with E-state index in [1.54, 1.807) is 0 Å². The Hall–Kier alpha value is -3.80. The molecule has 0 heterocycles. The molecule has 0 bridgehead atoms. The van der Waals surface area contributed by atoms with E-state index >= 15 is 0 Å². The summed E-state index contributed by atoms with van der Waals surface area (Å²) in [7, 11) is -0.955. The molecular formula is C31H25CuF5N6PS2+. The van der Waals surface area contributed by atoms with Crippen molar-refractivity contribution in [2.24, 2.45) is 20.4 Å². The van der Waals surface area contributed by atoms with Crippen LogP contribution < -0.4 is 26.5 Å². The summed E-state index contributed by atoms with van der Waals surface area (Å²) in [6, 6.07) is 29.8. The van der Waals surface area contributed by atoms with Gasteiger partial charge in [0.15, 0.2) is 23.3 Å². The van der Waals surface area contributed by atoms with E-state index in [2.05, 4.69) is 31.0 Å². The first-order valence-corrected chi connectivity index (χ1v) is 16.0. The molecule has 2 N–H and O–H groups in total. The largest absolute Gasteiger partial charge is 2.00 e. The molecule has 4 aromatic carbocycles. The molecule has 241 valence electrons. The maximum absolute atomic E-state index is 14.7. The molecule has 0 spiro atoms. The summed E-state index contributed by atoms with van der Waals surface area (Å²) in [4.78, 5) is 0. The molecule has 6 nitrogen and oxygen atoms in total. The summed E-state index contributed by atoms with van der Waals surface area (Å²) < 4.78 is 71.3. The van der Waals surface area contributed by atoms with Crippen LogP contribution in [0.15, 0.2) is 111 Å². The third kappa shape index (κ3) is 7.94. The van der Waals surface area contributed by atoms with Crippen molar-refractivity contribution in [2.75, 3.05) is 13.3 Å². The van der Waals surface area contributed by atoms with Crippen LogP contribution in [0.3, 0.4) is 0 Å². The zero-order chi connectivity index (χ0) is 32.6. The molecule has 0 amide bonds. The zero-order valence-corrected chi connectivity index (χ0v) is 27.6. The Morgan fingerprint density at radius 2 is 1.00 bits per heavy atom. The molecule has 0 saturated carbocycles. The predicted octanol–water partition coefficient (Wildman–Crippen LogP) is 5.03. The Morgan fingerprint density at radius 1 is 0.609 bits per heavy atom. The number of nitrogens with one attached hydrogen (secondary N) is 2. The van der Waals surface area contributed by atoms with Crippen LogP contribution in [0, 0.1) is 29.1 Å². The summed E-state index contributed by atoms with van der Waals surface area (Å²) >= 11 is 10.3. The van der Waals surface area contributed by atoms with Gasteiger partial charge in [0.1, 0.15) is 35.2 Å². The molecule has 4 aromatic rings. The standard InChI is InChI=1S/C31H26F5N6PS2.Cu/c1-19(29(40-41-30(44)37-2)23-24(32)26(34)28(36)27(35)25(23)33)39-42-31(45)38-18-43(20-12-6-3-7-13-20,21-14-8-4-9-15-21)22-16-10-5-11-17-22;/h3-17H,18H2,1-2H3,(H3-,37,38,39,40,41,42,44,45);/q;+2/p-1. The van der Waals surface area contributed by atoms with Crippen molar-refractivity contribution < 1.29 is 39.0 Å². The van der Waals surface area contributed by atoms with Crippen molar-refractivity contribution in [3.63, 3.8) is 0 Å². The van der Waals surface area contributed by atoms with E-state index in [0.717, 1.165) is 15.9 Å². The van der Waals surface area contributed by atoms with Crippen molar-refractivity contribution >= 4 is 70.2 Å². The summed E-state index contributed by atoms with van der Waals surface area (Å²) in [5.41, 5.74) is -2.47. The summed E-state index contributed by atoms with van der Waals surface area (Å²) in [5, 5.41) is 23.6. The maximum Gasteiger partial charge on any atom is 2.00 e. The Labute approximate surface area is 285 Å². The first-order valence-electron chi connectivity index (χ1n) is 13.2. The van der Waals surface area contributed by atoms with Crippen molar-refractivity contribution in [3.05, 3.63) is 126 Å². The van der Waals surface area contributed by atoms with E-state index in [9.17, 15) is 22.0 Å². The number of benzene rings is 4. The van der Waals surface area contributed by atoms with Crippen molar-refractivity contribution in [3.8, 4) is 0 Å². The first-order chi connectivity index (χ1) is 21.6. The minimum Gasteiger partial charge on any atom is -0.741 e. The second kappa shape index (κ2) is 16.7. The van der Waals surface area contributed by atoms with E-state index in [-0.39, 0.29) is 33.1 Å². The minimum atomic E-state index is -2.36. The van der Waals surface area contributed by atoms with Crippen LogP contribution in [0.5, 0.6) is 0 Å². The summed E-state index contributed by atoms with van der Waals surface area (Å²) in [6.07, 6.45) is 0.326. The van der Waals surface area contributed by atoms with Crippen LogP contribution >= 0.6 is 7.26 Å². The van der Waals surface area contributed by atoms with Gasteiger partial charge >= 0.3 is 17.1 Å². The molecule has 0 aliphatic rings. The van der Waals surface area contributed by atoms with E-state index in [4.69, 9.17) is 25.3 Å². The topological polar surface area (TPSA) is 73.5 Å². The van der Waals surface area contributed by atoms with E-state index in [0.29, 0.717) is 6.29 Å². The van der Waals surface area contributed by atoms with Gasteiger partial charge in [0.2, 0.25) is 5.82 Å². The fourth-order valence-electron chi connectivity index (χ4n) is 4.42. The maximum atomic E-state index is 14.7. The molecule has 4 rings (SSSR count). The Balaban J connectivity index is 0.00000576. The van der Waals surface area contributed by atoms with Gasteiger partial charge < -0.3 is 35.9 Å². The number of halogens is 5. The third-order valence-corrected chi connectivity index (χ3v) is 11.3. The fraction of sp³-hybridized carbons (Fsp3) is 0.0968. The SMILES string of the molecule is CN/C([S-])=N/N=C(/C(C)=N/N=C(\[S-])NC[P+](c1ccccc1)(c1ccccc1)c1ccccc1)c1c(F)c(F)c(F)c(F)c1F.[Cu+2]. The molecule has 0 fully saturated rings. The second-order valence-corrected chi connectivity index (χ2v) is 13.5. The minimum absolute atomic E-state index is 0. The van der Waals surface area contributed by atoms with Crippen LogP contribution in [-0.4, -0.2) is 35.1 Å². The van der Waals surface area contributed by atoms with E-state index in [1.165, 1.54) is 14.0 Å². The van der Waals surface area contributed by atoms with Gasteiger partial charge in [-0.25, -0.2) is 22.0 Å². The molecule has 15 heteroatoms. The van der Waals surface area contributed by atoms with Crippen LogP contribution in [0.1, 0.15) is 12.5 Å². The molecule has 0 aromatic heterocycles. The molecule has 0 atom stereocenters. The van der Waals surface area contributed by atoms with Crippen molar-refractivity contribution in [1.82, 2.24) is 10.6 Å². The van der Waals surface area contributed by atoms with E-state index in [1.807, 2.05) is 91.0 Å². The van der Waals surface area contributed by atoms with Gasteiger partial charge in [-0.2, -0.15) is 15.3 Å². The quantitative estimate of drug-likeness (QED) is 0.0292. The van der Waals surface area contributed by atoms with Crippen LogP contribution in [0.4, 0.5) is 22.0 Å². The third-order valence-electron chi connectivity index (χ3n) is 6.59. The number of rotatable bonds is 9. The number of hydrogen-bond acceptors (Lipinski definition) is 6. The molecule has 0 unspecified atom stereocenters. The Bertz CT molecular complexity index is 1650. The van der Waals surface area contributed by atoms with Gasteiger partial charge in [-0.05, 0) is 48.5 Å². The summed E-state index contributed by atoms with van der Waals surface area (Å²) in [5.74, 6) is -10.9. The van der Waals surface area contributed by atoms with Gasteiger partial charge in [0, 0.05) is 12.2 Å². The van der Waals surface area contributed by atoms with Gasteiger partial charge in [0.05, 0.1) is 11.3 Å². The number of hydrogen-bond donors (Lipinski definition) is 2. The molecule has 1 radical (unpaired) electrons. The number of nitrogens with zero attached hydrogens (tertiary/aromatic N) is 4. The normalized spacial score (nSPS) is 12.8. The zero-order valence-electron chi connectivity index (χ0n) is 24.1. The average Bonchev–Trinajstić information content (AvgIpc) is 3.08. The van der Waals surface area contributed by atoms with Gasteiger partial charge in [-0.3, -0.25) is 0 Å². The Kier molecular flexibility index (Phi) is 13.3. The fourth-order valence-corrected chi connectivity index (χ4v) is 8.55. The van der Waals surface area contributed by atoms with Crippen LogP contribution in [0.2, 0.25) is 0 Å². The molecular weight excluding hydrogens is 710 g/mol. The van der Waals surface area contributed by atoms with Gasteiger partial charge in [-0.15, -0.1) is 5.10 Å².